The number of fused-ring (bicyclic) bond motifs is 1. The molecule has 1 saturated heterocycles. The average Bonchev–Trinajstić information content (AvgIpc) is 3.25. The standard InChI is InChI=1S/C26H34O5/c1-15(2)24-21-6-4-5-20(21)17(11-16-7-9-18(30-3)10-8-16)12-22(24)26-25(29)23(28)13-19(14-27)31-26/h7-10,12,15,19,23,25-29H,4-6,11,13-14H2,1-3H3/t19-,23-,25-,26-/m0/s1. The van der Waals surface area contributed by atoms with Crippen LogP contribution in [0.2, 0.25) is 0 Å². The van der Waals surface area contributed by atoms with E-state index in [0.717, 1.165) is 37.0 Å². The SMILES string of the molecule is COc1ccc(Cc2cc([C@@H]3O[C@H](CO)C[C@H](O)[C@@H]3O)c(C(C)C)c3c2CCC3)cc1. The fourth-order valence-electron chi connectivity index (χ4n) is 5.29. The molecular formula is C26H34O5. The van der Waals surface area contributed by atoms with E-state index in [1.54, 1.807) is 7.11 Å². The maximum atomic E-state index is 10.8. The lowest BCUT2D eigenvalue weighted by atomic mass is 9.81. The van der Waals surface area contributed by atoms with Gasteiger partial charge in [-0.05, 0) is 77.1 Å². The van der Waals surface area contributed by atoms with Crippen LogP contribution in [0, 0.1) is 0 Å². The van der Waals surface area contributed by atoms with Gasteiger partial charge in [-0.25, -0.2) is 0 Å². The highest BCUT2D eigenvalue weighted by atomic mass is 16.5. The molecule has 2 aromatic rings. The van der Waals surface area contributed by atoms with Crippen LogP contribution >= 0.6 is 0 Å². The van der Waals surface area contributed by atoms with Crippen molar-refractivity contribution in [2.75, 3.05) is 13.7 Å². The first-order chi connectivity index (χ1) is 14.9. The quantitative estimate of drug-likeness (QED) is 0.660. The Morgan fingerprint density at radius 1 is 1.10 bits per heavy atom. The Hall–Kier alpha value is -1.92. The van der Waals surface area contributed by atoms with E-state index in [-0.39, 0.29) is 18.9 Å². The van der Waals surface area contributed by atoms with E-state index >= 15 is 0 Å². The summed E-state index contributed by atoms with van der Waals surface area (Å²) in [6.07, 6.45) is 1.24. The minimum Gasteiger partial charge on any atom is -0.497 e. The van der Waals surface area contributed by atoms with Gasteiger partial charge in [0.15, 0.2) is 0 Å². The molecule has 5 heteroatoms. The highest BCUT2D eigenvalue weighted by Crippen LogP contribution is 2.42. The Morgan fingerprint density at radius 3 is 2.45 bits per heavy atom. The van der Waals surface area contributed by atoms with Gasteiger partial charge in [-0.15, -0.1) is 0 Å². The van der Waals surface area contributed by atoms with Crippen LogP contribution in [0.4, 0.5) is 0 Å². The van der Waals surface area contributed by atoms with E-state index in [2.05, 4.69) is 32.0 Å². The summed E-state index contributed by atoms with van der Waals surface area (Å²) in [6.45, 7) is 4.19. The number of aliphatic hydroxyl groups excluding tert-OH is 3. The van der Waals surface area contributed by atoms with Gasteiger partial charge >= 0.3 is 0 Å². The lowest BCUT2D eigenvalue weighted by molar-refractivity contribution is -0.179. The zero-order chi connectivity index (χ0) is 22.1. The Balaban J connectivity index is 1.79. The largest absolute Gasteiger partial charge is 0.497 e. The van der Waals surface area contributed by atoms with E-state index in [0.29, 0.717) is 0 Å². The highest BCUT2D eigenvalue weighted by Gasteiger charge is 2.39. The first-order valence-corrected chi connectivity index (χ1v) is 11.4. The molecule has 31 heavy (non-hydrogen) atoms. The Labute approximate surface area is 184 Å². The molecule has 0 spiro atoms. The van der Waals surface area contributed by atoms with E-state index in [4.69, 9.17) is 9.47 Å². The third-order valence-electron chi connectivity index (χ3n) is 6.76. The van der Waals surface area contributed by atoms with Gasteiger partial charge in [0.2, 0.25) is 0 Å². The minimum atomic E-state index is -1.01. The van der Waals surface area contributed by atoms with E-state index in [1.807, 2.05) is 12.1 Å². The maximum absolute atomic E-state index is 10.8. The third kappa shape index (κ3) is 4.37. The van der Waals surface area contributed by atoms with Crippen molar-refractivity contribution < 1.29 is 24.8 Å². The van der Waals surface area contributed by atoms with Gasteiger partial charge in [-0.1, -0.05) is 32.0 Å². The van der Waals surface area contributed by atoms with Crippen LogP contribution in [0.5, 0.6) is 5.75 Å². The summed E-state index contributed by atoms with van der Waals surface area (Å²) in [4.78, 5) is 0. The van der Waals surface area contributed by atoms with Crippen LogP contribution in [0.1, 0.15) is 72.1 Å². The van der Waals surface area contributed by atoms with Crippen molar-refractivity contribution in [3.05, 3.63) is 63.7 Å². The summed E-state index contributed by atoms with van der Waals surface area (Å²) in [5.74, 6) is 1.12. The molecule has 0 unspecified atom stereocenters. The van der Waals surface area contributed by atoms with Crippen molar-refractivity contribution in [2.24, 2.45) is 0 Å². The van der Waals surface area contributed by atoms with E-state index in [1.165, 1.54) is 27.8 Å². The van der Waals surface area contributed by atoms with E-state index < -0.39 is 24.4 Å². The first kappa shape index (κ1) is 22.3. The molecule has 1 fully saturated rings. The predicted octanol–water partition coefficient (Wildman–Crippen LogP) is 3.44. The second-order valence-corrected chi connectivity index (χ2v) is 9.18. The third-order valence-corrected chi connectivity index (χ3v) is 6.76. The summed E-state index contributed by atoms with van der Waals surface area (Å²) in [5.41, 5.74) is 7.47. The normalized spacial score (nSPS) is 25.6. The molecule has 0 radical (unpaired) electrons. The molecule has 1 aliphatic heterocycles. The number of methoxy groups -OCH3 is 1. The number of rotatable bonds is 6. The van der Waals surface area contributed by atoms with Gasteiger partial charge in [0.1, 0.15) is 18.0 Å². The molecule has 0 saturated carbocycles. The molecule has 5 nitrogen and oxygen atoms in total. The lowest BCUT2D eigenvalue weighted by Crippen LogP contribution is -2.45. The molecule has 2 aliphatic rings. The minimum absolute atomic E-state index is 0.166. The Kier molecular flexibility index (Phi) is 6.68. The van der Waals surface area contributed by atoms with Crippen molar-refractivity contribution in [1.29, 1.82) is 0 Å². The van der Waals surface area contributed by atoms with Gasteiger partial charge in [-0.3, -0.25) is 0 Å². The molecule has 1 aliphatic carbocycles. The summed E-state index contributed by atoms with van der Waals surface area (Å²) >= 11 is 0. The lowest BCUT2D eigenvalue weighted by Gasteiger charge is -2.38. The van der Waals surface area contributed by atoms with Crippen molar-refractivity contribution in [3.63, 3.8) is 0 Å². The highest BCUT2D eigenvalue weighted by molar-refractivity contribution is 5.52. The number of benzene rings is 2. The summed E-state index contributed by atoms with van der Waals surface area (Å²) < 4.78 is 11.4. The van der Waals surface area contributed by atoms with Gasteiger partial charge in [-0.2, -0.15) is 0 Å². The number of aliphatic hydroxyl groups is 3. The molecule has 168 valence electrons. The van der Waals surface area contributed by atoms with Crippen LogP contribution in [-0.4, -0.2) is 47.3 Å². The molecule has 0 amide bonds. The zero-order valence-electron chi connectivity index (χ0n) is 18.7. The van der Waals surface area contributed by atoms with Crippen LogP contribution in [0.15, 0.2) is 30.3 Å². The zero-order valence-corrected chi connectivity index (χ0v) is 18.7. The number of ether oxygens (including phenoxy) is 2. The summed E-state index contributed by atoms with van der Waals surface area (Å²) in [6, 6.07) is 10.3. The fourth-order valence-corrected chi connectivity index (χ4v) is 5.29. The molecule has 0 aromatic heterocycles. The van der Waals surface area contributed by atoms with Crippen LogP contribution in [0.25, 0.3) is 0 Å². The Bertz CT molecular complexity index is 905. The van der Waals surface area contributed by atoms with Crippen molar-refractivity contribution in [1.82, 2.24) is 0 Å². The number of hydrogen-bond donors (Lipinski definition) is 3. The monoisotopic (exact) mass is 426 g/mol. The van der Waals surface area contributed by atoms with Crippen LogP contribution in [-0.2, 0) is 24.0 Å². The first-order valence-electron chi connectivity index (χ1n) is 11.4. The number of hydrogen-bond acceptors (Lipinski definition) is 5. The molecule has 2 aromatic carbocycles. The van der Waals surface area contributed by atoms with Gasteiger partial charge < -0.3 is 24.8 Å². The smallest absolute Gasteiger partial charge is 0.118 e. The molecule has 4 atom stereocenters. The van der Waals surface area contributed by atoms with Crippen LogP contribution in [0.3, 0.4) is 0 Å². The summed E-state index contributed by atoms with van der Waals surface area (Å²) in [5, 5.41) is 30.9. The second kappa shape index (κ2) is 9.29. The van der Waals surface area contributed by atoms with Crippen LogP contribution < -0.4 is 4.74 Å². The maximum Gasteiger partial charge on any atom is 0.118 e. The predicted molar refractivity (Wildman–Crippen MR) is 120 cm³/mol. The molecule has 3 N–H and O–H groups in total. The average molecular weight is 427 g/mol. The van der Waals surface area contributed by atoms with Crippen molar-refractivity contribution in [3.8, 4) is 5.75 Å². The van der Waals surface area contributed by atoms with Crippen molar-refractivity contribution >= 4 is 0 Å². The topological polar surface area (TPSA) is 79.2 Å². The van der Waals surface area contributed by atoms with Crippen molar-refractivity contribution in [2.45, 2.75) is 76.3 Å². The fraction of sp³-hybridized carbons (Fsp3) is 0.538. The molecular weight excluding hydrogens is 392 g/mol. The van der Waals surface area contributed by atoms with Gasteiger partial charge in [0, 0.05) is 6.42 Å². The molecule has 1 heterocycles. The summed E-state index contributed by atoms with van der Waals surface area (Å²) in [7, 11) is 1.67. The van der Waals surface area contributed by atoms with Gasteiger partial charge in [0.25, 0.3) is 0 Å². The Morgan fingerprint density at radius 2 is 1.81 bits per heavy atom. The van der Waals surface area contributed by atoms with E-state index in [9.17, 15) is 15.3 Å². The molecule has 4 rings (SSSR count). The van der Waals surface area contributed by atoms with Gasteiger partial charge in [0.05, 0.1) is 25.9 Å². The second-order valence-electron chi connectivity index (χ2n) is 9.18. The molecule has 0 bridgehead atoms.